The second-order valence-electron chi connectivity index (χ2n) is 4.66. The quantitative estimate of drug-likeness (QED) is 0.567. The highest BCUT2D eigenvalue weighted by Gasteiger charge is 2.57. The fourth-order valence-corrected chi connectivity index (χ4v) is 2.55. The largest absolute Gasteiger partial charge is 0.300 e. The maximum Gasteiger partial charge on any atom is 0.00788 e. The Hall–Kier alpha value is -0.300. The maximum atomic E-state index is 2.61. The first-order chi connectivity index (χ1) is 5.68. The second-order valence-corrected chi connectivity index (χ2v) is 4.66. The van der Waals surface area contributed by atoms with Crippen LogP contribution < -0.4 is 0 Å². The van der Waals surface area contributed by atoms with Gasteiger partial charge in [-0.05, 0) is 33.1 Å². The van der Waals surface area contributed by atoms with Crippen molar-refractivity contribution in [3.8, 4) is 0 Å². The van der Waals surface area contributed by atoms with Crippen LogP contribution in [0.5, 0.6) is 0 Å². The van der Waals surface area contributed by atoms with E-state index < -0.39 is 0 Å². The summed E-state index contributed by atoms with van der Waals surface area (Å²) in [7, 11) is 0. The van der Waals surface area contributed by atoms with E-state index in [2.05, 4.69) is 37.8 Å². The van der Waals surface area contributed by atoms with Gasteiger partial charge in [0, 0.05) is 24.5 Å². The molecule has 0 spiro atoms. The van der Waals surface area contributed by atoms with Gasteiger partial charge >= 0.3 is 0 Å². The Bertz CT molecular complexity index is 207. The third-order valence-electron chi connectivity index (χ3n) is 3.46. The van der Waals surface area contributed by atoms with Crippen molar-refractivity contribution in [2.24, 2.45) is 11.3 Å². The van der Waals surface area contributed by atoms with Crippen molar-refractivity contribution in [2.75, 3.05) is 13.1 Å². The third-order valence-corrected chi connectivity index (χ3v) is 3.46. The molecule has 68 valence electrons. The van der Waals surface area contributed by atoms with E-state index in [4.69, 9.17) is 0 Å². The van der Waals surface area contributed by atoms with Gasteiger partial charge in [0.1, 0.15) is 0 Å². The number of rotatable bonds is 2. The first-order valence-corrected chi connectivity index (χ1v) is 5.06. The minimum absolute atomic E-state index is 0.610. The summed E-state index contributed by atoms with van der Waals surface area (Å²) in [4.78, 5) is 2.61. The number of likely N-dealkylation sites (tertiary alicyclic amines) is 1. The molecule has 1 saturated carbocycles. The molecular weight excluding hydrogens is 146 g/mol. The summed E-state index contributed by atoms with van der Waals surface area (Å²) in [5.74, 6) is 0.982. The normalized spacial score (nSPS) is 41.2. The second kappa shape index (κ2) is 2.59. The molecule has 0 radical (unpaired) electrons. The molecule has 1 aliphatic carbocycles. The lowest BCUT2D eigenvalue weighted by atomic mass is 10.1. The minimum Gasteiger partial charge on any atom is -0.300 e. The molecule has 0 aromatic rings. The van der Waals surface area contributed by atoms with Gasteiger partial charge in [0.15, 0.2) is 0 Å². The third kappa shape index (κ3) is 1.11. The van der Waals surface area contributed by atoms with Crippen LogP contribution in [0.15, 0.2) is 12.2 Å². The molecule has 1 heteroatoms. The van der Waals surface area contributed by atoms with Crippen LogP contribution in [-0.2, 0) is 0 Å². The molecule has 0 aromatic carbocycles. The molecule has 1 nitrogen and oxygen atoms in total. The van der Waals surface area contributed by atoms with Crippen molar-refractivity contribution >= 4 is 0 Å². The summed E-state index contributed by atoms with van der Waals surface area (Å²) in [6.07, 6.45) is 6.10. The molecular formula is C11H19N. The monoisotopic (exact) mass is 165 g/mol. The number of hydrogen-bond acceptors (Lipinski definition) is 1. The highest BCUT2D eigenvalue weighted by atomic mass is 15.2. The standard InChI is InChI=1S/C11H19N/c1-4-5-11-6-10(11)7-12(8-11)9(2)3/h4-5,9-10H,6-8H2,1-3H3/b5-4+. The average molecular weight is 165 g/mol. The number of nitrogens with zero attached hydrogens (tertiary/aromatic N) is 1. The van der Waals surface area contributed by atoms with Crippen molar-refractivity contribution in [1.29, 1.82) is 0 Å². The topological polar surface area (TPSA) is 3.24 Å². The lowest BCUT2D eigenvalue weighted by molar-refractivity contribution is 0.239. The lowest BCUT2D eigenvalue weighted by Crippen LogP contribution is -2.31. The Morgan fingerprint density at radius 3 is 2.75 bits per heavy atom. The first kappa shape index (κ1) is 8.31. The molecule has 12 heavy (non-hydrogen) atoms. The predicted molar refractivity (Wildman–Crippen MR) is 52.1 cm³/mol. The van der Waals surface area contributed by atoms with Gasteiger partial charge in [0.25, 0.3) is 0 Å². The highest BCUT2D eigenvalue weighted by Crippen LogP contribution is 2.59. The summed E-state index contributed by atoms with van der Waals surface area (Å²) in [6, 6.07) is 0.736. The zero-order chi connectivity index (χ0) is 8.77. The van der Waals surface area contributed by atoms with Crippen LogP contribution in [0.1, 0.15) is 27.2 Å². The van der Waals surface area contributed by atoms with Crippen LogP contribution in [-0.4, -0.2) is 24.0 Å². The molecule has 0 N–H and O–H groups in total. The van der Waals surface area contributed by atoms with Gasteiger partial charge in [-0.2, -0.15) is 0 Å². The van der Waals surface area contributed by atoms with Crippen LogP contribution in [0.3, 0.4) is 0 Å². The fraction of sp³-hybridized carbons (Fsp3) is 0.818. The number of allylic oxidation sites excluding steroid dienone is 1. The SMILES string of the molecule is C/C=C/C12CC1CN(C(C)C)C2. The van der Waals surface area contributed by atoms with Crippen LogP contribution >= 0.6 is 0 Å². The van der Waals surface area contributed by atoms with Gasteiger partial charge in [-0.15, -0.1) is 0 Å². The van der Waals surface area contributed by atoms with Crippen molar-refractivity contribution in [2.45, 2.75) is 33.2 Å². The molecule has 1 heterocycles. The van der Waals surface area contributed by atoms with Crippen molar-refractivity contribution in [3.05, 3.63) is 12.2 Å². The molecule has 1 aliphatic heterocycles. The fourth-order valence-electron chi connectivity index (χ4n) is 2.55. The van der Waals surface area contributed by atoms with Crippen molar-refractivity contribution in [1.82, 2.24) is 4.90 Å². The lowest BCUT2D eigenvalue weighted by Gasteiger charge is -2.23. The van der Waals surface area contributed by atoms with Gasteiger partial charge < -0.3 is 0 Å². The van der Waals surface area contributed by atoms with E-state index >= 15 is 0 Å². The Kier molecular flexibility index (Phi) is 1.80. The van der Waals surface area contributed by atoms with Gasteiger partial charge in [-0.25, -0.2) is 0 Å². The van der Waals surface area contributed by atoms with E-state index in [1.54, 1.807) is 0 Å². The van der Waals surface area contributed by atoms with Crippen LogP contribution in [0, 0.1) is 11.3 Å². The summed E-state index contributed by atoms with van der Waals surface area (Å²) in [5.41, 5.74) is 0.610. The van der Waals surface area contributed by atoms with E-state index in [1.807, 2.05) is 0 Å². The van der Waals surface area contributed by atoms with Crippen molar-refractivity contribution in [3.63, 3.8) is 0 Å². The van der Waals surface area contributed by atoms with E-state index in [-0.39, 0.29) is 0 Å². The molecule has 2 atom stereocenters. The highest BCUT2D eigenvalue weighted by molar-refractivity contribution is 5.20. The first-order valence-electron chi connectivity index (χ1n) is 5.06. The number of hydrogen-bond donors (Lipinski definition) is 0. The molecule has 0 aromatic heterocycles. The minimum atomic E-state index is 0.610. The van der Waals surface area contributed by atoms with Gasteiger partial charge in [0.05, 0.1) is 0 Å². The molecule has 1 saturated heterocycles. The van der Waals surface area contributed by atoms with Gasteiger partial charge in [-0.3, -0.25) is 4.90 Å². The average Bonchev–Trinajstić information content (AvgIpc) is 2.54. The molecule has 2 fully saturated rings. The molecule has 0 bridgehead atoms. The van der Waals surface area contributed by atoms with E-state index in [1.165, 1.54) is 19.5 Å². The molecule has 2 rings (SSSR count). The van der Waals surface area contributed by atoms with Gasteiger partial charge in [0.2, 0.25) is 0 Å². The van der Waals surface area contributed by atoms with E-state index in [9.17, 15) is 0 Å². The zero-order valence-electron chi connectivity index (χ0n) is 8.38. The van der Waals surface area contributed by atoms with Gasteiger partial charge in [-0.1, -0.05) is 12.2 Å². The molecule has 2 unspecified atom stereocenters. The summed E-state index contributed by atoms with van der Waals surface area (Å²) >= 11 is 0. The van der Waals surface area contributed by atoms with Crippen LogP contribution in [0.25, 0.3) is 0 Å². The van der Waals surface area contributed by atoms with E-state index in [0.717, 1.165) is 12.0 Å². The molecule has 2 aliphatic rings. The smallest absolute Gasteiger partial charge is 0.00788 e. The number of fused-ring (bicyclic) bond motifs is 1. The Morgan fingerprint density at radius 1 is 1.50 bits per heavy atom. The summed E-state index contributed by atoms with van der Waals surface area (Å²) in [5, 5.41) is 0. The number of piperidine rings is 1. The van der Waals surface area contributed by atoms with E-state index in [0.29, 0.717) is 5.41 Å². The molecule has 0 amide bonds. The maximum absolute atomic E-state index is 2.61. The van der Waals surface area contributed by atoms with Crippen molar-refractivity contribution < 1.29 is 0 Å². The predicted octanol–water partition coefficient (Wildman–Crippen LogP) is 2.29. The zero-order valence-corrected chi connectivity index (χ0v) is 8.38. The summed E-state index contributed by atoms with van der Waals surface area (Å²) < 4.78 is 0. The Balaban J connectivity index is 2.01. The Labute approximate surface area is 75.4 Å². The van der Waals surface area contributed by atoms with Crippen LogP contribution in [0.4, 0.5) is 0 Å². The Morgan fingerprint density at radius 2 is 2.25 bits per heavy atom. The summed E-state index contributed by atoms with van der Waals surface area (Å²) in [6.45, 7) is 9.38. The van der Waals surface area contributed by atoms with Crippen LogP contribution in [0.2, 0.25) is 0 Å².